The van der Waals surface area contributed by atoms with Crippen LogP contribution in [0.4, 0.5) is 0 Å². The van der Waals surface area contributed by atoms with Gasteiger partial charge in [0.25, 0.3) is 0 Å². The van der Waals surface area contributed by atoms with Gasteiger partial charge in [-0.1, -0.05) is 52.3 Å². The van der Waals surface area contributed by atoms with Crippen LogP contribution in [-0.4, -0.2) is 29.0 Å². The van der Waals surface area contributed by atoms with Gasteiger partial charge in [0, 0.05) is 50.5 Å². The second kappa shape index (κ2) is 14.1. The van der Waals surface area contributed by atoms with E-state index in [9.17, 15) is 14.4 Å². The summed E-state index contributed by atoms with van der Waals surface area (Å²) in [5, 5.41) is 3.86. The molecule has 0 amide bonds. The summed E-state index contributed by atoms with van der Waals surface area (Å²) in [5.41, 5.74) is 4.45. The van der Waals surface area contributed by atoms with E-state index in [4.69, 9.17) is 4.84 Å². The lowest BCUT2D eigenvalue weighted by Gasteiger charge is -2.12. The Kier molecular flexibility index (Phi) is 10.3. The fraction of sp³-hybridized carbons (Fsp3) is 0.212. The molecule has 0 atom stereocenters. The molecule has 0 N–H and O–H groups in total. The second-order valence-corrected chi connectivity index (χ2v) is 11.8. The van der Waals surface area contributed by atoms with Crippen molar-refractivity contribution in [1.29, 1.82) is 0 Å². The predicted octanol–water partition coefficient (Wildman–Crippen LogP) is 8.28. The van der Waals surface area contributed by atoms with E-state index in [-0.39, 0.29) is 17.3 Å². The van der Waals surface area contributed by atoms with Crippen LogP contribution in [0.1, 0.15) is 59.4 Å². The first-order chi connectivity index (χ1) is 19.3. The van der Waals surface area contributed by atoms with Crippen LogP contribution in [0.3, 0.4) is 0 Å². The number of allylic oxidation sites excluding steroid dienone is 4. The van der Waals surface area contributed by atoms with Crippen molar-refractivity contribution in [3.05, 3.63) is 113 Å². The standard InChI is InChI=1S/C33H31NO4S2/c1-22-8-14-27(15-9-22)39-21-20-31(34-38-24(3)35)33(37)26-12-18-29(19-13-26)40-28-16-10-25(11-17-28)32(36)30-7-5-4-6-23(30)2/h5,7-19H,4,6,20-21H2,1-3H3/b34-31+. The molecule has 5 nitrogen and oxygen atoms in total. The smallest absolute Gasteiger partial charge is 0.318 e. The molecular weight excluding hydrogens is 539 g/mol. The number of nitrogens with zero attached hydrogens (tertiary/aromatic N) is 1. The molecule has 0 aromatic heterocycles. The molecular formula is C33H31NO4S2. The van der Waals surface area contributed by atoms with Gasteiger partial charge in [0.05, 0.1) is 0 Å². The number of hydrogen-bond acceptors (Lipinski definition) is 7. The topological polar surface area (TPSA) is 72.8 Å². The Morgan fingerprint density at radius 1 is 0.825 bits per heavy atom. The maximum absolute atomic E-state index is 13.2. The molecule has 0 fully saturated rings. The first-order valence-electron chi connectivity index (χ1n) is 13.1. The van der Waals surface area contributed by atoms with Crippen LogP contribution in [0.25, 0.3) is 0 Å². The molecule has 4 rings (SSSR count). The zero-order chi connectivity index (χ0) is 28.5. The van der Waals surface area contributed by atoms with E-state index in [1.807, 2.05) is 80.6 Å². The summed E-state index contributed by atoms with van der Waals surface area (Å²) in [4.78, 5) is 45.3. The van der Waals surface area contributed by atoms with E-state index in [0.29, 0.717) is 23.3 Å². The van der Waals surface area contributed by atoms with Gasteiger partial charge >= 0.3 is 5.97 Å². The number of benzene rings is 3. The highest BCUT2D eigenvalue weighted by Crippen LogP contribution is 2.29. The quantitative estimate of drug-likeness (QED) is 0.0761. The van der Waals surface area contributed by atoms with Gasteiger partial charge in [-0.3, -0.25) is 9.59 Å². The van der Waals surface area contributed by atoms with Gasteiger partial charge in [0.15, 0.2) is 5.78 Å². The van der Waals surface area contributed by atoms with Crippen molar-refractivity contribution in [3.63, 3.8) is 0 Å². The number of Topliss-reactive ketones (excluding diaryl/α,β-unsaturated/α-hetero) is 2. The summed E-state index contributed by atoms with van der Waals surface area (Å²) in [6.07, 6.45) is 6.24. The number of aryl methyl sites for hydroxylation is 1. The van der Waals surface area contributed by atoms with E-state index in [1.54, 1.807) is 35.7 Å². The Balaban J connectivity index is 1.39. The molecule has 1 aliphatic rings. The van der Waals surface area contributed by atoms with Gasteiger partial charge in [0.1, 0.15) is 5.71 Å². The minimum atomic E-state index is -0.571. The maximum atomic E-state index is 13.2. The highest BCUT2D eigenvalue weighted by Gasteiger charge is 2.17. The number of ketones is 2. The van der Waals surface area contributed by atoms with E-state index in [1.165, 1.54) is 12.5 Å². The summed E-state index contributed by atoms with van der Waals surface area (Å²) in [5.74, 6) is -0.171. The molecule has 0 spiro atoms. The van der Waals surface area contributed by atoms with Crippen LogP contribution in [0.15, 0.2) is 116 Å². The van der Waals surface area contributed by atoms with Gasteiger partial charge in [-0.2, -0.15) is 0 Å². The Morgan fingerprint density at radius 2 is 1.43 bits per heavy atom. The van der Waals surface area contributed by atoms with Gasteiger partial charge < -0.3 is 4.84 Å². The molecule has 0 bridgehead atoms. The van der Waals surface area contributed by atoms with Crippen molar-refractivity contribution < 1.29 is 19.2 Å². The SMILES string of the molecule is CC(=O)O/N=C(\CCSc1ccc(C)cc1)C(=O)c1ccc(Sc2ccc(C(=O)C3=C(C)CCC=C3)cc2)cc1. The zero-order valence-corrected chi connectivity index (χ0v) is 24.4. The highest BCUT2D eigenvalue weighted by molar-refractivity contribution is 7.99. The zero-order valence-electron chi connectivity index (χ0n) is 22.8. The van der Waals surface area contributed by atoms with Crippen LogP contribution < -0.4 is 0 Å². The molecule has 0 heterocycles. The van der Waals surface area contributed by atoms with Gasteiger partial charge in [0.2, 0.25) is 5.78 Å². The number of rotatable bonds is 11. The third kappa shape index (κ3) is 8.16. The second-order valence-electron chi connectivity index (χ2n) is 9.48. The number of carbonyl (C=O) groups excluding carboxylic acids is 3. The molecule has 7 heteroatoms. The molecule has 0 aliphatic heterocycles. The van der Waals surface area contributed by atoms with Crippen LogP contribution >= 0.6 is 23.5 Å². The molecule has 0 saturated heterocycles. The molecule has 3 aromatic rings. The van der Waals surface area contributed by atoms with Crippen molar-refractivity contribution in [1.82, 2.24) is 0 Å². The molecule has 204 valence electrons. The monoisotopic (exact) mass is 569 g/mol. The van der Waals surface area contributed by atoms with Crippen LogP contribution in [-0.2, 0) is 9.63 Å². The van der Waals surface area contributed by atoms with E-state index in [2.05, 4.69) is 11.2 Å². The Hall–Kier alpha value is -3.68. The Morgan fingerprint density at radius 3 is 2.02 bits per heavy atom. The molecule has 0 saturated carbocycles. The third-order valence-electron chi connectivity index (χ3n) is 6.32. The molecule has 0 unspecified atom stereocenters. The lowest BCUT2D eigenvalue weighted by atomic mass is 9.93. The van der Waals surface area contributed by atoms with Crippen LogP contribution in [0.2, 0.25) is 0 Å². The summed E-state index contributed by atoms with van der Waals surface area (Å²) in [7, 11) is 0. The van der Waals surface area contributed by atoms with Crippen molar-refractivity contribution in [2.45, 2.75) is 54.7 Å². The predicted molar refractivity (Wildman–Crippen MR) is 162 cm³/mol. The number of thioether (sulfide) groups is 1. The van der Waals surface area contributed by atoms with Gasteiger partial charge in [-0.25, -0.2) is 4.79 Å². The minimum absolute atomic E-state index is 0.0522. The first kappa shape index (κ1) is 29.3. The Labute approximate surface area is 243 Å². The first-order valence-corrected chi connectivity index (χ1v) is 14.9. The molecule has 40 heavy (non-hydrogen) atoms. The highest BCUT2D eigenvalue weighted by atomic mass is 32.2. The largest absolute Gasteiger partial charge is 0.331 e. The average Bonchev–Trinajstić information content (AvgIpc) is 2.96. The van der Waals surface area contributed by atoms with Crippen molar-refractivity contribution in [2.75, 3.05) is 5.75 Å². The van der Waals surface area contributed by atoms with Crippen molar-refractivity contribution >= 4 is 46.8 Å². The van der Waals surface area contributed by atoms with Crippen LogP contribution in [0, 0.1) is 6.92 Å². The third-order valence-corrected chi connectivity index (χ3v) is 8.35. The number of oxime groups is 1. The van der Waals surface area contributed by atoms with Gasteiger partial charge in [-0.15, -0.1) is 11.8 Å². The summed E-state index contributed by atoms with van der Waals surface area (Å²) in [6, 6.07) is 23.0. The number of carbonyl (C=O) groups is 3. The van der Waals surface area contributed by atoms with E-state index in [0.717, 1.165) is 38.7 Å². The fourth-order valence-electron chi connectivity index (χ4n) is 4.07. The molecule has 0 radical (unpaired) electrons. The maximum Gasteiger partial charge on any atom is 0.331 e. The fourth-order valence-corrected chi connectivity index (χ4v) is 5.75. The Bertz CT molecular complexity index is 1470. The van der Waals surface area contributed by atoms with Gasteiger partial charge in [-0.05, 0) is 87.4 Å². The normalized spacial score (nSPS) is 13.3. The summed E-state index contributed by atoms with van der Waals surface area (Å²) in [6.45, 7) is 5.31. The average molecular weight is 570 g/mol. The molecule has 1 aliphatic carbocycles. The van der Waals surface area contributed by atoms with Crippen molar-refractivity contribution in [3.8, 4) is 0 Å². The number of hydrogen-bond donors (Lipinski definition) is 0. The molecule has 3 aromatic carbocycles. The lowest BCUT2D eigenvalue weighted by molar-refractivity contribution is -0.140. The lowest BCUT2D eigenvalue weighted by Crippen LogP contribution is -2.16. The summed E-state index contributed by atoms with van der Waals surface area (Å²) >= 11 is 3.16. The van der Waals surface area contributed by atoms with E-state index >= 15 is 0 Å². The van der Waals surface area contributed by atoms with E-state index < -0.39 is 5.97 Å². The summed E-state index contributed by atoms with van der Waals surface area (Å²) < 4.78 is 0. The van der Waals surface area contributed by atoms with Crippen molar-refractivity contribution in [2.24, 2.45) is 5.16 Å². The minimum Gasteiger partial charge on any atom is -0.318 e. The van der Waals surface area contributed by atoms with Crippen LogP contribution in [0.5, 0.6) is 0 Å².